The van der Waals surface area contributed by atoms with Crippen LogP contribution in [0.5, 0.6) is 11.5 Å². The molecule has 4 heteroatoms. The van der Waals surface area contributed by atoms with Crippen molar-refractivity contribution in [2.45, 2.75) is 0 Å². The van der Waals surface area contributed by atoms with Crippen molar-refractivity contribution in [1.29, 1.82) is 0 Å². The van der Waals surface area contributed by atoms with E-state index in [4.69, 9.17) is 4.74 Å². The predicted octanol–water partition coefficient (Wildman–Crippen LogP) is 8.56. The maximum Gasteiger partial charge on any atom is 0.151 e. The second-order valence-electron chi connectivity index (χ2n) is 8.70. The van der Waals surface area contributed by atoms with E-state index in [-0.39, 0.29) is 0 Å². The van der Waals surface area contributed by atoms with Crippen molar-refractivity contribution in [3.63, 3.8) is 0 Å². The average Bonchev–Trinajstić information content (AvgIpc) is 3.41. The van der Waals surface area contributed by atoms with Gasteiger partial charge in [0.25, 0.3) is 0 Å². The average molecular weight is 452 g/mol. The van der Waals surface area contributed by atoms with Gasteiger partial charge in [0.1, 0.15) is 0 Å². The third kappa shape index (κ3) is 3.35. The molecule has 166 valence electrons. The molecular weight excluding hydrogens is 430 g/mol. The van der Waals surface area contributed by atoms with Gasteiger partial charge in [0.15, 0.2) is 11.5 Å². The van der Waals surface area contributed by atoms with Crippen LogP contribution >= 0.6 is 0 Å². The summed E-state index contributed by atoms with van der Waals surface area (Å²) < 4.78 is 5.92. The summed E-state index contributed by atoms with van der Waals surface area (Å²) >= 11 is 0. The van der Waals surface area contributed by atoms with Gasteiger partial charge in [0.2, 0.25) is 0 Å². The van der Waals surface area contributed by atoms with Crippen molar-refractivity contribution >= 4 is 54.6 Å². The van der Waals surface area contributed by atoms with E-state index in [2.05, 4.69) is 82.2 Å². The molecule has 7 aromatic rings. The number of rotatable bonds is 0. The number of fused-ring (bicyclic) bond motifs is 8. The van der Waals surface area contributed by atoms with Gasteiger partial charge in [-0.1, -0.05) is 72.8 Å². The van der Waals surface area contributed by atoms with Crippen molar-refractivity contribution < 1.29 is 4.74 Å². The minimum Gasteiger partial charge on any atom is -0.453 e. The number of ether oxygens (including phenoxy) is 1. The van der Waals surface area contributed by atoms with Gasteiger partial charge in [-0.2, -0.15) is 5.10 Å². The first-order chi connectivity index (χ1) is 17.3. The lowest BCUT2D eigenvalue weighted by molar-refractivity contribution is 0.482. The number of nitrogens with one attached hydrogen (secondary N) is 2. The summed E-state index contributed by atoms with van der Waals surface area (Å²) in [6.07, 6.45) is 1.90. The highest BCUT2D eigenvalue weighted by Crippen LogP contribution is 2.44. The third-order valence-corrected chi connectivity index (χ3v) is 6.56. The first-order valence-corrected chi connectivity index (χ1v) is 11.6. The van der Waals surface area contributed by atoms with Crippen molar-refractivity contribution in [1.82, 2.24) is 10.2 Å². The smallest absolute Gasteiger partial charge is 0.151 e. The van der Waals surface area contributed by atoms with Crippen molar-refractivity contribution in [3.05, 3.63) is 115 Å². The number of para-hydroxylation sites is 2. The molecule has 0 amide bonds. The molecule has 2 heterocycles. The zero-order chi connectivity index (χ0) is 23.2. The highest BCUT2D eigenvalue weighted by molar-refractivity contribution is 6.11. The van der Waals surface area contributed by atoms with Crippen LogP contribution in [-0.4, -0.2) is 10.2 Å². The molecule has 8 rings (SSSR count). The Morgan fingerprint density at radius 1 is 0.543 bits per heavy atom. The molecule has 4 nitrogen and oxygen atoms in total. The van der Waals surface area contributed by atoms with Gasteiger partial charge >= 0.3 is 0 Å². The van der Waals surface area contributed by atoms with Gasteiger partial charge in [-0.3, -0.25) is 5.10 Å². The van der Waals surface area contributed by atoms with Crippen LogP contribution in [-0.2, 0) is 0 Å². The quantitative estimate of drug-likeness (QED) is 0.227. The number of H-pyrrole nitrogens is 1. The molecule has 0 atom stereocenters. The van der Waals surface area contributed by atoms with Gasteiger partial charge < -0.3 is 10.1 Å². The fourth-order valence-electron chi connectivity index (χ4n) is 4.82. The summed E-state index contributed by atoms with van der Waals surface area (Å²) in [4.78, 5) is 0. The van der Waals surface area contributed by atoms with E-state index < -0.39 is 0 Å². The lowest BCUT2D eigenvalue weighted by Crippen LogP contribution is -2.02. The Balaban J connectivity index is 0.000000120. The Morgan fingerprint density at radius 3 is 2.20 bits per heavy atom. The number of anilines is 2. The summed E-state index contributed by atoms with van der Waals surface area (Å²) in [5, 5.41) is 19.2. The molecule has 0 radical (unpaired) electrons. The van der Waals surface area contributed by atoms with E-state index in [0.717, 1.165) is 28.4 Å². The Kier molecular flexibility index (Phi) is 4.42. The molecule has 1 aromatic heterocycles. The maximum atomic E-state index is 5.92. The fourth-order valence-corrected chi connectivity index (χ4v) is 4.82. The third-order valence-electron chi connectivity index (χ3n) is 6.56. The molecule has 0 aliphatic carbocycles. The summed E-state index contributed by atoms with van der Waals surface area (Å²) in [7, 11) is 0. The second kappa shape index (κ2) is 7.89. The fraction of sp³-hybridized carbons (Fsp3) is 0. The molecule has 35 heavy (non-hydrogen) atoms. The SMILES string of the molecule is c1ccc2c(c1)Nc1c(ccc3ccccc13)O2.c1ccc2cc3c(ccc4[nH]ncc43)cc2c1. The number of benzene rings is 6. The Hall–Kier alpha value is -4.83. The molecule has 0 spiro atoms. The number of hydrogen-bond acceptors (Lipinski definition) is 3. The van der Waals surface area contributed by atoms with Crippen LogP contribution in [0.4, 0.5) is 11.4 Å². The minimum absolute atomic E-state index is 0.875. The molecule has 0 fully saturated rings. The van der Waals surface area contributed by atoms with Crippen LogP contribution < -0.4 is 10.1 Å². The summed E-state index contributed by atoms with van der Waals surface area (Å²) in [5.74, 6) is 1.76. The highest BCUT2D eigenvalue weighted by atomic mass is 16.5. The van der Waals surface area contributed by atoms with Crippen molar-refractivity contribution in [3.8, 4) is 11.5 Å². The standard InChI is InChI=1S/C16H11NO.C15H10N2/c1-2-6-12-11(5-1)9-10-15-16(12)17-13-7-3-4-8-14(13)18-15;1-2-4-11-8-13-12(7-10(11)3-1)5-6-15-14(13)9-16-17-15/h1-10,17H;1-9H,(H,16,17). The van der Waals surface area contributed by atoms with Gasteiger partial charge in [0.05, 0.1) is 23.1 Å². The Morgan fingerprint density at radius 2 is 1.29 bits per heavy atom. The largest absolute Gasteiger partial charge is 0.453 e. The van der Waals surface area contributed by atoms with Crippen LogP contribution in [0, 0.1) is 0 Å². The van der Waals surface area contributed by atoms with Crippen LogP contribution in [0.3, 0.4) is 0 Å². The predicted molar refractivity (Wildman–Crippen MR) is 145 cm³/mol. The van der Waals surface area contributed by atoms with Crippen LogP contribution in [0.1, 0.15) is 0 Å². The van der Waals surface area contributed by atoms with Gasteiger partial charge in [0, 0.05) is 10.8 Å². The first-order valence-electron chi connectivity index (χ1n) is 11.6. The molecule has 0 unspecified atom stereocenters. The number of hydrogen-bond donors (Lipinski definition) is 2. The monoisotopic (exact) mass is 451 g/mol. The molecule has 0 saturated heterocycles. The molecule has 1 aliphatic heterocycles. The Labute approximate surface area is 201 Å². The lowest BCUT2D eigenvalue weighted by atomic mass is 10.0. The summed E-state index contributed by atoms with van der Waals surface area (Å²) in [5.41, 5.74) is 3.15. The van der Waals surface area contributed by atoms with Gasteiger partial charge in [-0.25, -0.2) is 0 Å². The topological polar surface area (TPSA) is 49.9 Å². The second-order valence-corrected chi connectivity index (χ2v) is 8.70. The maximum absolute atomic E-state index is 5.92. The summed E-state index contributed by atoms with van der Waals surface area (Å²) in [6.45, 7) is 0. The first kappa shape index (κ1) is 19.6. The van der Waals surface area contributed by atoms with E-state index in [9.17, 15) is 0 Å². The van der Waals surface area contributed by atoms with Crippen molar-refractivity contribution in [2.75, 3.05) is 5.32 Å². The molecule has 1 aliphatic rings. The summed E-state index contributed by atoms with van der Waals surface area (Å²) in [6, 6.07) is 37.5. The zero-order valence-corrected chi connectivity index (χ0v) is 18.8. The minimum atomic E-state index is 0.875. The number of nitrogens with zero attached hydrogens (tertiary/aromatic N) is 1. The normalized spacial score (nSPS) is 11.9. The van der Waals surface area contributed by atoms with Crippen LogP contribution in [0.15, 0.2) is 115 Å². The molecular formula is C31H21N3O. The lowest BCUT2D eigenvalue weighted by Gasteiger charge is -2.22. The van der Waals surface area contributed by atoms with E-state index in [1.165, 1.54) is 37.7 Å². The molecule has 6 aromatic carbocycles. The molecule has 0 saturated carbocycles. The number of aromatic nitrogens is 2. The van der Waals surface area contributed by atoms with Gasteiger partial charge in [-0.15, -0.1) is 0 Å². The van der Waals surface area contributed by atoms with E-state index >= 15 is 0 Å². The van der Waals surface area contributed by atoms with Crippen molar-refractivity contribution in [2.24, 2.45) is 0 Å². The zero-order valence-electron chi connectivity index (χ0n) is 18.8. The highest BCUT2D eigenvalue weighted by Gasteiger charge is 2.17. The van der Waals surface area contributed by atoms with Crippen LogP contribution in [0.25, 0.3) is 43.2 Å². The van der Waals surface area contributed by atoms with E-state index in [0.29, 0.717) is 0 Å². The Bertz CT molecular complexity index is 1870. The van der Waals surface area contributed by atoms with E-state index in [1.807, 2.05) is 48.7 Å². The van der Waals surface area contributed by atoms with Crippen LogP contribution in [0.2, 0.25) is 0 Å². The molecule has 2 N–H and O–H groups in total. The molecule has 0 bridgehead atoms. The van der Waals surface area contributed by atoms with E-state index in [1.54, 1.807) is 0 Å². The number of aromatic amines is 1. The van der Waals surface area contributed by atoms with Gasteiger partial charge in [-0.05, 0) is 63.3 Å².